The fourth-order valence-electron chi connectivity index (χ4n) is 4.54. The van der Waals surface area contributed by atoms with Crippen molar-refractivity contribution in [2.24, 2.45) is 0 Å². The maximum Gasteiger partial charge on any atom is 0.272 e. The van der Waals surface area contributed by atoms with Crippen molar-refractivity contribution in [3.63, 3.8) is 0 Å². The van der Waals surface area contributed by atoms with E-state index in [1.54, 1.807) is 72.8 Å². The number of hydrogen-bond donors (Lipinski definition) is 2. The lowest BCUT2D eigenvalue weighted by Crippen LogP contribution is -2.31. The molecule has 1 aliphatic rings. The molecule has 0 spiro atoms. The summed E-state index contributed by atoms with van der Waals surface area (Å²) in [6.07, 6.45) is 1.45. The Labute approximate surface area is 270 Å². The van der Waals surface area contributed by atoms with Crippen molar-refractivity contribution >= 4 is 74.6 Å². The minimum absolute atomic E-state index is 0.0172. The van der Waals surface area contributed by atoms with E-state index in [0.717, 1.165) is 15.4 Å². The van der Waals surface area contributed by atoms with Crippen LogP contribution in [0.4, 0.5) is 15.8 Å². The van der Waals surface area contributed by atoms with Crippen LogP contribution in [0.15, 0.2) is 112 Å². The number of ketones is 1. The van der Waals surface area contributed by atoms with Crippen LogP contribution in [0.2, 0.25) is 0 Å². The summed E-state index contributed by atoms with van der Waals surface area (Å²) in [5.74, 6) is -3.03. The van der Waals surface area contributed by atoms with Gasteiger partial charge in [-0.3, -0.25) is 24.0 Å². The molecule has 0 aromatic heterocycles. The van der Waals surface area contributed by atoms with E-state index in [1.165, 1.54) is 43.0 Å². The van der Waals surface area contributed by atoms with Crippen LogP contribution >= 0.6 is 27.7 Å². The Morgan fingerprint density at radius 3 is 2.33 bits per heavy atom. The van der Waals surface area contributed by atoms with E-state index >= 15 is 0 Å². The van der Waals surface area contributed by atoms with Gasteiger partial charge in [-0.05, 0) is 85.3 Å². The van der Waals surface area contributed by atoms with Crippen molar-refractivity contribution in [1.82, 2.24) is 5.32 Å². The zero-order valence-electron chi connectivity index (χ0n) is 23.8. The third-order valence-corrected chi connectivity index (χ3v) is 8.51. The molecular formula is C34H25BrFN3O5S. The molecule has 1 heterocycles. The third-order valence-electron chi connectivity index (χ3n) is 6.80. The zero-order valence-corrected chi connectivity index (χ0v) is 26.2. The number of nitrogens with zero attached hydrogens (tertiary/aromatic N) is 1. The summed E-state index contributed by atoms with van der Waals surface area (Å²) < 4.78 is 15.1. The standard InChI is InChI=1S/C34H25BrFN3O5S/c1-20(40)22-11-15-25(16-12-22)39-31(41)19-30(34(39)44)45-26-6-4-5-24(18-26)37-33(43)29(17-21-9-13-23(35)14-10-21)38-32(42)27-7-2-3-8-28(27)36/h2-18,30H,19H2,1H3,(H,37,43)(H,38,42). The van der Waals surface area contributed by atoms with Crippen LogP contribution in [0.1, 0.15) is 39.6 Å². The van der Waals surface area contributed by atoms with Crippen LogP contribution in [0.5, 0.6) is 0 Å². The van der Waals surface area contributed by atoms with E-state index in [9.17, 15) is 28.4 Å². The summed E-state index contributed by atoms with van der Waals surface area (Å²) in [4.78, 5) is 65.6. The quantitative estimate of drug-likeness (QED) is 0.116. The fraction of sp³-hybridized carbons (Fsp3) is 0.0882. The lowest BCUT2D eigenvalue weighted by atomic mass is 10.1. The summed E-state index contributed by atoms with van der Waals surface area (Å²) in [5, 5.41) is 4.58. The minimum Gasteiger partial charge on any atom is -0.321 e. The van der Waals surface area contributed by atoms with E-state index < -0.39 is 22.9 Å². The molecule has 0 bridgehead atoms. The average molecular weight is 687 g/mol. The first-order chi connectivity index (χ1) is 21.6. The Morgan fingerprint density at radius 1 is 0.933 bits per heavy atom. The number of hydrogen-bond acceptors (Lipinski definition) is 6. The van der Waals surface area contributed by atoms with E-state index in [2.05, 4.69) is 26.6 Å². The summed E-state index contributed by atoms with van der Waals surface area (Å²) in [7, 11) is 0. The first-order valence-corrected chi connectivity index (χ1v) is 15.4. The van der Waals surface area contributed by atoms with Gasteiger partial charge in [-0.1, -0.05) is 46.3 Å². The smallest absolute Gasteiger partial charge is 0.272 e. The first-order valence-electron chi connectivity index (χ1n) is 13.7. The molecule has 11 heteroatoms. The van der Waals surface area contributed by atoms with Crippen LogP contribution in [-0.4, -0.2) is 34.7 Å². The Balaban J connectivity index is 1.32. The number of thioether (sulfide) groups is 1. The highest BCUT2D eigenvalue weighted by atomic mass is 79.9. The number of halogens is 2. The topological polar surface area (TPSA) is 113 Å². The number of Topliss-reactive ketones (excluding diaryl/α,β-unsaturated/α-hetero) is 1. The maximum absolute atomic E-state index is 14.3. The Morgan fingerprint density at radius 2 is 1.64 bits per heavy atom. The van der Waals surface area contributed by atoms with Crippen molar-refractivity contribution in [1.29, 1.82) is 0 Å². The molecule has 1 unspecified atom stereocenters. The number of carbonyl (C=O) groups excluding carboxylic acids is 5. The SMILES string of the molecule is CC(=O)c1ccc(N2C(=O)CC(Sc3cccc(NC(=O)C(=Cc4ccc(Br)cc4)NC(=O)c4ccccc4F)c3)C2=O)cc1. The Bertz CT molecular complexity index is 1840. The molecule has 0 aliphatic carbocycles. The summed E-state index contributed by atoms with van der Waals surface area (Å²) >= 11 is 4.55. The van der Waals surface area contributed by atoms with Gasteiger partial charge in [-0.25, -0.2) is 9.29 Å². The molecule has 1 atom stereocenters. The van der Waals surface area contributed by atoms with Gasteiger partial charge in [0.15, 0.2) is 5.78 Å². The summed E-state index contributed by atoms with van der Waals surface area (Å²) in [5.41, 5.74) is 1.52. The predicted molar refractivity (Wildman–Crippen MR) is 174 cm³/mol. The highest BCUT2D eigenvalue weighted by molar-refractivity contribution is 9.10. The second-order valence-electron chi connectivity index (χ2n) is 10.0. The van der Waals surface area contributed by atoms with Crippen LogP contribution in [0, 0.1) is 5.82 Å². The summed E-state index contributed by atoms with van der Waals surface area (Å²) in [6.45, 7) is 1.44. The Kier molecular flexibility index (Phi) is 9.70. The van der Waals surface area contributed by atoms with Crippen molar-refractivity contribution in [3.05, 3.63) is 130 Å². The monoisotopic (exact) mass is 685 g/mol. The predicted octanol–water partition coefficient (Wildman–Crippen LogP) is 6.62. The fourth-order valence-corrected chi connectivity index (χ4v) is 5.92. The van der Waals surface area contributed by atoms with Crippen molar-refractivity contribution in [2.75, 3.05) is 10.2 Å². The lowest BCUT2D eigenvalue weighted by Gasteiger charge is -2.15. The van der Waals surface area contributed by atoms with Crippen LogP contribution in [-0.2, 0) is 14.4 Å². The molecule has 4 amide bonds. The zero-order chi connectivity index (χ0) is 32.1. The maximum atomic E-state index is 14.3. The van der Waals surface area contributed by atoms with E-state index in [-0.39, 0.29) is 35.3 Å². The molecule has 226 valence electrons. The van der Waals surface area contributed by atoms with E-state index in [1.807, 2.05) is 0 Å². The van der Waals surface area contributed by atoms with Crippen molar-refractivity contribution in [3.8, 4) is 0 Å². The number of rotatable bonds is 9. The number of carbonyl (C=O) groups is 5. The van der Waals surface area contributed by atoms with Gasteiger partial charge < -0.3 is 10.6 Å². The molecule has 8 nitrogen and oxygen atoms in total. The largest absolute Gasteiger partial charge is 0.321 e. The molecule has 1 aliphatic heterocycles. The van der Waals surface area contributed by atoms with Gasteiger partial charge in [0, 0.05) is 27.0 Å². The second kappa shape index (κ2) is 13.8. The number of imide groups is 1. The van der Waals surface area contributed by atoms with Crippen molar-refractivity contribution < 1.29 is 28.4 Å². The van der Waals surface area contributed by atoms with Crippen LogP contribution in [0.25, 0.3) is 6.08 Å². The molecular weight excluding hydrogens is 661 g/mol. The highest BCUT2D eigenvalue weighted by Crippen LogP contribution is 2.35. The lowest BCUT2D eigenvalue weighted by molar-refractivity contribution is -0.121. The van der Waals surface area contributed by atoms with Gasteiger partial charge in [0.2, 0.25) is 11.8 Å². The minimum atomic E-state index is -0.791. The molecule has 4 aromatic rings. The third kappa shape index (κ3) is 7.62. The van der Waals surface area contributed by atoms with Gasteiger partial charge in [0.25, 0.3) is 11.8 Å². The van der Waals surface area contributed by atoms with Crippen LogP contribution < -0.4 is 15.5 Å². The van der Waals surface area contributed by atoms with Gasteiger partial charge in [0.05, 0.1) is 16.5 Å². The summed E-state index contributed by atoms with van der Waals surface area (Å²) in [6, 6.07) is 25.5. The van der Waals surface area contributed by atoms with E-state index in [0.29, 0.717) is 27.4 Å². The van der Waals surface area contributed by atoms with Crippen molar-refractivity contribution in [2.45, 2.75) is 23.5 Å². The van der Waals surface area contributed by atoms with E-state index in [4.69, 9.17) is 0 Å². The number of nitrogens with one attached hydrogen (secondary N) is 2. The van der Waals surface area contributed by atoms with Gasteiger partial charge >= 0.3 is 0 Å². The van der Waals surface area contributed by atoms with Gasteiger partial charge in [-0.2, -0.15) is 0 Å². The first kappa shape index (κ1) is 31.6. The Hall–Kier alpha value is -4.87. The average Bonchev–Trinajstić information content (AvgIpc) is 3.29. The molecule has 4 aromatic carbocycles. The van der Waals surface area contributed by atoms with Gasteiger partial charge in [-0.15, -0.1) is 11.8 Å². The molecule has 0 saturated carbocycles. The molecule has 5 rings (SSSR count). The second-order valence-corrected chi connectivity index (χ2v) is 12.2. The molecule has 45 heavy (non-hydrogen) atoms. The number of amides is 4. The normalized spacial score (nSPS) is 14.8. The highest BCUT2D eigenvalue weighted by Gasteiger charge is 2.40. The molecule has 1 fully saturated rings. The molecule has 2 N–H and O–H groups in total. The van der Waals surface area contributed by atoms with Crippen LogP contribution in [0.3, 0.4) is 0 Å². The number of benzene rings is 4. The molecule has 1 saturated heterocycles. The molecule has 0 radical (unpaired) electrons. The number of anilines is 2. The van der Waals surface area contributed by atoms with Gasteiger partial charge in [0.1, 0.15) is 11.5 Å².